The van der Waals surface area contributed by atoms with Gasteiger partial charge in [0.15, 0.2) is 0 Å². The lowest BCUT2D eigenvalue weighted by atomic mass is 10.2. The predicted octanol–water partition coefficient (Wildman–Crippen LogP) is 3.91. The summed E-state index contributed by atoms with van der Waals surface area (Å²) in [5.74, 6) is -0.344. The van der Waals surface area contributed by atoms with Crippen LogP contribution in [0.5, 0.6) is 5.75 Å². The fourth-order valence-electron chi connectivity index (χ4n) is 1.53. The second-order valence-electron chi connectivity index (χ2n) is 3.79. The summed E-state index contributed by atoms with van der Waals surface area (Å²) in [5, 5.41) is 3.00. The monoisotopic (exact) mass is 268 g/mol. The third-order valence-corrected chi connectivity index (χ3v) is 2.31. The standard InChI is InChI=1S/C13H11F3N2O/c14-13(15,16)19-10-6-7-12(11(17)8-10)18-9-4-2-1-3-5-9/h1-8,18H,17H2. The van der Waals surface area contributed by atoms with Gasteiger partial charge in [-0.15, -0.1) is 13.2 Å². The summed E-state index contributed by atoms with van der Waals surface area (Å²) in [6.45, 7) is 0. The van der Waals surface area contributed by atoms with Crippen molar-refractivity contribution in [3.05, 3.63) is 48.5 Å². The molecule has 0 heterocycles. The zero-order chi connectivity index (χ0) is 13.9. The maximum Gasteiger partial charge on any atom is 0.573 e. The Morgan fingerprint density at radius 2 is 1.68 bits per heavy atom. The molecule has 0 aliphatic heterocycles. The van der Waals surface area contributed by atoms with Gasteiger partial charge in [-0.05, 0) is 24.3 Å². The molecule has 0 unspecified atom stereocenters. The van der Waals surface area contributed by atoms with E-state index in [0.29, 0.717) is 5.69 Å². The number of halogens is 3. The van der Waals surface area contributed by atoms with Gasteiger partial charge in [0.2, 0.25) is 0 Å². The molecular weight excluding hydrogens is 257 g/mol. The van der Waals surface area contributed by atoms with Crippen molar-refractivity contribution in [3.63, 3.8) is 0 Å². The van der Waals surface area contributed by atoms with E-state index in [9.17, 15) is 13.2 Å². The molecular formula is C13H11F3N2O. The van der Waals surface area contributed by atoms with Crippen LogP contribution in [0.3, 0.4) is 0 Å². The zero-order valence-electron chi connectivity index (χ0n) is 9.74. The van der Waals surface area contributed by atoms with Gasteiger partial charge in [0.05, 0.1) is 11.4 Å². The molecule has 2 aromatic carbocycles. The Labute approximate surface area is 107 Å². The molecule has 0 amide bonds. The lowest BCUT2D eigenvalue weighted by molar-refractivity contribution is -0.274. The lowest BCUT2D eigenvalue weighted by Gasteiger charge is -2.12. The fraction of sp³-hybridized carbons (Fsp3) is 0.0769. The summed E-state index contributed by atoms with van der Waals surface area (Å²) in [6.07, 6.45) is -4.72. The molecule has 3 nitrogen and oxygen atoms in total. The largest absolute Gasteiger partial charge is 0.573 e. The highest BCUT2D eigenvalue weighted by molar-refractivity contribution is 5.73. The van der Waals surface area contributed by atoms with Crippen LogP contribution in [0, 0.1) is 0 Å². The number of anilines is 3. The lowest BCUT2D eigenvalue weighted by Crippen LogP contribution is -2.17. The van der Waals surface area contributed by atoms with Gasteiger partial charge >= 0.3 is 6.36 Å². The third-order valence-electron chi connectivity index (χ3n) is 2.31. The van der Waals surface area contributed by atoms with Crippen LogP contribution < -0.4 is 15.8 Å². The molecule has 3 N–H and O–H groups in total. The average molecular weight is 268 g/mol. The van der Waals surface area contributed by atoms with E-state index < -0.39 is 6.36 Å². The Hall–Kier alpha value is -2.37. The predicted molar refractivity (Wildman–Crippen MR) is 67.3 cm³/mol. The molecule has 0 bridgehead atoms. The zero-order valence-corrected chi connectivity index (χ0v) is 9.74. The molecule has 6 heteroatoms. The molecule has 0 aromatic heterocycles. The smallest absolute Gasteiger partial charge is 0.406 e. The summed E-state index contributed by atoms with van der Waals surface area (Å²) < 4.78 is 39.9. The van der Waals surface area contributed by atoms with Crippen molar-refractivity contribution < 1.29 is 17.9 Å². The van der Waals surface area contributed by atoms with E-state index in [2.05, 4.69) is 10.1 Å². The third kappa shape index (κ3) is 3.80. The van der Waals surface area contributed by atoms with Gasteiger partial charge in [0, 0.05) is 11.8 Å². The second kappa shape index (κ2) is 5.09. The SMILES string of the molecule is Nc1cc(OC(F)(F)F)ccc1Nc1ccccc1. The highest BCUT2D eigenvalue weighted by Crippen LogP contribution is 2.30. The van der Waals surface area contributed by atoms with E-state index in [0.717, 1.165) is 11.8 Å². The number of nitrogen functional groups attached to an aromatic ring is 1. The molecule has 0 saturated heterocycles. The van der Waals surface area contributed by atoms with Gasteiger partial charge in [0.1, 0.15) is 5.75 Å². The van der Waals surface area contributed by atoms with Crippen LogP contribution >= 0.6 is 0 Å². The Balaban J connectivity index is 2.16. The maximum atomic E-state index is 12.0. The number of hydrogen-bond acceptors (Lipinski definition) is 3. The minimum Gasteiger partial charge on any atom is -0.406 e. The Morgan fingerprint density at radius 3 is 2.26 bits per heavy atom. The van der Waals surface area contributed by atoms with Gasteiger partial charge < -0.3 is 15.8 Å². The summed E-state index contributed by atoms with van der Waals surface area (Å²) in [6, 6.07) is 12.9. The van der Waals surface area contributed by atoms with Crippen LogP contribution in [0.25, 0.3) is 0 Å². The van der Waals surface area contributed by atoms with Crippen LogP contribution in [0.4, 0.5) is 30.2 Å². The molecule has 0 saturated carbocycles. The number of benzene rings is 2. The Bertz CT molecular complexity index is 556. The maximum absolute atomic E-state index is 12.0. The van der Waals surface area contributed by atoms with Gasteiger partial charge in [-0.3, -0.25) is 0 Å². The van der Waals surface area contributed by atoms with Crippen LogP contribution in [-0.4, -0.2) is 6.36 Å². The first kappa shape index (κ1) is 13.1. The number of nitrogens with one attached hydrogen (secondary N) is 1. The number of rotatable bonds is 3. The molecule has 0 aliphatic rings. The van der Waals surface area contributed by atoms with Gasteiger partial charge in [0.25, 0.3) is 0 Å². The van der Waals surface area contributed by atoms with E-state index in [1.807, 2.05) is 30.3 Å². The quantitative estimate of drug-likeness (QED) is 0.830. The van der Waals surface area contributed by atoms with E-state index in [1.54, 1.807) is 0 Å². The van der Waals surface area contributed by atoms with Crippen molar-refractivity contribution >= 4 is 17.1 Å². The minimum absolute atomic E-state index is 0.172. The molecule has 2 aromatic rings. The van der Waals surface area contributed by atoms with Crippen molar-refractivity contribution in [3.8, 4) is 5.75 Å². The van der Waals surface area contributed by atoms with Crippen molar-refractivity contribution in [1.82, 2.24) is 0 Å². The molecule has 100 valence electrons. The van der Waals surface area contributed by atoms with Crippen LogP contribution in [-0.2, 0) is 0 Å². The first-order chi connectivity index (χ1) is 8.94. The molecule has 2 rings (SSSR count). The Kier molecular flexibility index (Phi) is 3.50. The van der Waals surface area contributed by atoms with E-state index in [4.69, 9.17) is 5.73 Å². The topological polar surface area (TPSA) is 47.3 Å². The number of nitrogens with two attached hydrogens (primary N) is 1. The van der Waals surface area contributed by atoms with Gasteiger partial charge in [-0.2, -0.15) is 0 Å². The molecule has 0 spiro atoms. The number of hydrogen-bond donors (Lipinski definition) is 2. The molecule has 0 aliphatic carbocycles. The number of alkyl halides is 3. The van der Waals surface area contributed by atoms with Crippen molar-refractivity contribution in [2.24, 2.45) is 0 Å². The molecule has 19 heavy (non-hydrogen) atoms. The summed E-state index contributed by atoms with van der Waals surface area (Å²) >= 11 is 0. The first-order valence-electron chi connectivity index (χ1n) is 5.41. The van der Waals surface area contributed by atoms with Gasteiger partial charge in [-0.1, -0.05) is 18.2 Å². The highest BCUT2D eigenvalue weighted by atomic mass is 19.4. The second-order valence-corrected chi connectivity index (χ2v) is 3.79. The number of ether oxygens (including phenoxy) is 1. The normalized spacial score (nSPS) is 11.1. The van der Waals surface area contributed by atoms with Crippen LogP contribution in [0.1, 0.15) is 0 Å². The average Bonchev–Trinajstić information content (AvgIpc) is 2.32. The summed E-state index contributed by atoms with van der Waals surface area (Å²) in [4.78, 5) is 0. The van der Waals surface area contributed by atoms with Gasteiger partial charge in [-0.25, -0.2) is 0 Å². The fourth-order valence-corrected chi connectivity index (χ4v) is 1.53. The molecule has 0 radical (unpaired) electrons. The molecule has 0 fully saturated rings. The van der Waals surface area contributed by atoms with Crippen LogP contribution in [0.15, 0.2) is 48.5 Å². The summed E-state index contributed by atoms with van der Waals surface area (Å²) in [7, 11) is 0. The minimum atomic E-state index is -4.72. The van der Waals surface area contributed by atoms with E-state index in [1.165, 1.54) is 12.1 Å². The number of para-hydroxylation sites is 1. The molecule has 0 atom stereocenters. The summed E-state index contributed by atoms with van der Waals surface area (Å²) in [5.41, 5.74) is 7.16. The van der Waals surface area contributed by atoms with E-state index >= 15 is 0 Å². The van der Waals surface area contributed by atoms with Crippen molar-refractivity contribution in [1.29, 1.82) is 0 Å². The van der Waals surface area contributed by atoms with Crippen LogP contribution in [0.2, 0.25) is 0 Å². The highest BCUT2D eigenvalue weighted by Gasteiger charge is 2.31. The van der Waals surface area contributed by atoms with Crippen molar-refractivity contribution in [2.75, 3.05) is 11.1 Å². The Morgan fingerprint density at radius 1 is 1.00 bits per heavy atom. The van der Waals surface area contributed by atoms with Crippen molar-refractivity contribution in [2.45, 2.75) is 6.36 Å². The van der Waals surface area contributed by atoms with E-state index in [-0.39, 0.29) is 11.4 Å². The first-order valence-corrected chi connectivity index (χ1v) is 5.41.